The first-order valence-corrected chi connectivity index (χ1v) is 15.2. The highest BCUT2D eigenvalue weighted by atomic mass is 35.5. The molecule has 0 saturated heterocycles. The van der Waals surface area contributed by atoms with Crippen LogP contribution in [0.1, 0.15) is 30.1 Å². The number of nitrogens with one attached hydrogen (secondary N) is 1. The van der Waals surface area contributed by atoms with Crippen molar-refractivity contribution < 1.29 is 22.7 Å². The standard InChI is InChI=1S/C28H28Cl2N2O5S/c1-38(34,35)16-2-15-36-21-8-3-18(4-9-21)27-26-23(24-17-20(30)7-12-25(24)31-26)13-14-32(27)28(33)37-22-10-5-19(29)6-11-22/h3-8,10-12,17,21,27,31H,2,9,13-16H2,1H3. The van der Waals surface area contributed by atoms with Crippen LogP contribution in [0.3, 0.4) is 0 Å². The van der Waals surface area contributed by atoms with Gasteiger partial charge in [0, 0.05) is 46.0 Å². The van der Waals surface area contributed by atoms with Crippen molar-refractivity contribution in [2.75, 3.05) is 25.2 Å². The van der Waals surface area contributed by atoms with Gasteiger partial charge >= 0.3 is 6.09 Å². The first kappa shape index (κ1) is 26.8. The summed E-state index contributed by atoms with van der Waals surface area (Å²) in [5.74, 6) is 0.521. The number of aromatic amines is 1. The zero-order valence-corrected chi connectivity index (χ0v) is 23.2. The Morgan fingerprint density at radius 2 is 1.89 bits per heavy atom. The third-order valence-electron chi connectivity index (χ3n) is 6.74. The van der Waals surface area contributed by atoms with Crippen molar-refractivity contribution in [1.29, 1.82) is 0 Å². The van der Waals surface area contributed by atoms with E-state index in [0.717, 1.165) is 27.7 Å². The highest BCUT2D eigenvalue weighted by Crippen LogP contribution is 2.41. The number of carbonyl (C=O) groups excluding carboxylic acids is 1. The SMILES string of the molecule is CS(=O)(=O)CCCOC1C=CC(C2c3[nH]c4ccc(Cl)cc4c3CCN2C(=O)Oc2ccc(Cl)cc2)=CC1. The summed E-state index contributed by atoms with van der Waals surface area (Å²) in [6.45, 7) is 0.835. The van der Waals surface area contributed by atoms with Gasteiger partial charge < -0.3 is 14.5 Å². The molecule has 1 amide bonds. The van der Waals surface area contributed by atoms with Crippen LogP contribution in [-0.4, -0.2) is 55.7 Å². The lowest BCUT2D eigenvalue weighted by atomic mass is 9.89. The minimum Gasteiger partial charge on any atom is -0.410 e. The summed E-state index contributed by atoms with van der Waals surface area (Å²) in [5.41, 5.74) is 3.99. The molecule has 200 valence electrons. The summed E-state index contributed by atoms with van der Waals surface area (Å²) in [7, 11) is -3.01. The number of aromatic nitrogens is 1. The van der Waals surface area contributed by atoms with Crippen LogP contribution in [-0.2, 0) is 21.0 Å². The van der Waals surface area contributed by atoms with Crippen LogP contribution in [0.25, 0.3) is 10.9 Å². The van der Waals surface area contributed by atoms with Gasteiger partial charge in [-0.2, -0.15) is 0 Å². The summed E-state index contributed by atoms with van der Waals surface area (Å²) in [4.78, 5) is 18.7. The van der Waals surface area contributed by atoms with E-state index in [1.54, 1.807) is 29.2 Å². The molecule has 0 fully saturated rings. The molecule has 2 aromatic carbocycles. The van der Waals surface area contributed by atoms with Crippen LogP contribution in [0.15, 0.2) is 66.3 Å². The number of fused-ring (bicyclic) bond motifs is 3. The van der Waals surface area contributed by atoms with Gasteiger partial charge in [0.1, 0.15) is 21.6 Å². The molecule has 38 heavy (non-hydrogen) atoms. The van der Waals surface area contributed by atoms with Crippen LogP contribution < -0.4 is 4.74 Å². The monoisotopic (exact) mass is 574 g/mol. The number of nitrogens with zero attached hydrogens (tertiary/aromatic N) is 1. The number of sulfone groups is 1. The van der Waals surface area contributed by atoms with Crippen molar-refractivity contribution >= 4 is 50.0 Å². The van der Waals surface area contributed by atoms with Crippen molar-refractivity contribution in [2.45, 2.75) is 31.4 Å². The Balaban J connectivity index is 1.39. The van der Waals surface area contributed by atoms with Gasteiger partial charge in [0.2, 0.25) is 0 Å². The van der Waals surface area contributed by atoms with Crippen LogP contribution in [0.5, 0.6) is 5.75 Å². The number of H-pyrrole nitrogens is 1. The van der Waals surface area contributed by atoms with Gasteiger partial charge in [0.15, 0.2) is 0 Å². The van der Waals surface area contributed by atoms with E-state index in [-0.39, 0.29) is 17.9 Å². The summed E-state index contributed by atoms with van der Waals surface area (Å²) < 4.78 is 34.3. The lowest BCUT2D eigenvalue weighted by Crippen LogP contribution is -2.42. The predicted octanol–water partition coefficient (Wildman–Crippen LogP) is 6.28. The first-order valence-electron chi connectivity index (χ1n) is 12.4. The van der Waals surface area contributed by atoms with Crippen LogP contribution >= 0.6 is 23.2 Å². The van der Waals surface area contributed by atoms with E-state index in [9.17, 15) is 13.2 Å². The molecule has 3 aromatic rings. The van der Waals surface area contributed by atoms with E-state index in [1.807, 2.05) is 30.4 Å². The van der Waals surface area contributed by atoms with Crippen LogP contribution in [0.2, 0.25) is 10.0 Å². The third kappa shape index (κ3) is 6.10. The predicted molar refractivity (Wildman–Crippen MR) is 150 cm³/mol. The van der Waals surface area contributed by atoms with Crippen LogP contribution in [0.4, 0.5) is 4.79 Å². The largest absolute Gasteiger partial charge is 0.416 e. The lowest BCUT2D eigenvalue weighted by molar-refractivity contribution is 0.0864. The quantitative estimate of drug-likeness (QED) is 0.335. The second kappa shape index (κ2) is 11.1. The van der Waals surface area contributed by atoms with Gasteiger partial charge in [0.05, 0.1) is 11.9 Å². The molecule has 2 unspecified atom stereocenters. The number of halogens is 2. The zero-order valence-electron chi connectivity index (χ0n) is 20.8. The number of hydrogen-bond donors (Lipinski definition) is 1. The smallest absolute Gasteiger partial charge is 0.410 e. The Labute approximate surface area is 231 Å². The molecule has 0 spiro atoms. The van der Waals surface area contributed by atoms with Crippen molar-refractivity contribution in [1.82, 2.24) is 9.88 Å². The molecule has 1 aromatic heterocycles. The molecule has 1 aliphatic heterocycles. The number of amides is 1. The van der Waals surface area contributed by atoms with Crippen molar-refractivity contribution in [3.63, 3.8) is 0 Å². The maximum atomic E-state index is 13.4. The van der Waals surface area contributed by atoms with Gasteiger partial charge in [0.25, 0.3) is 0 Å². The maximum absolute atomic E-state index is 13.4. The Morgan fingerprint density at radius 3 is 2.61 bits per heavy atom. The fourth-order valence-corrected chi connectivity index (χ4v) is 5.91. The second-order valence-corrected chi connectivity index (χ2v) is 12.7. The van der Waals surface area contributed by atoms with E-state index in [2.05, 4.69) is 11.1 Å². The van der Waals surface area contributed by atoms with E-state index in [4.69, 9.17) is 32.7 Å². The second-order valence-electron chi connectivity index (χ2n) is 9.57. The van der Waals surface area contributed by atoms with Gasteiger partial charge in [-0.15, -0.1) is 0 Å². The summed E-state index contributed by atoms with van der Waals surface area (Å²) in [5, 5.41) is 2.27. The van der Waals surface area contributed by atoms with E-state index < -0.39 is 15.9 Å². The molecule has 0 saturated carbocycles. The average Bonchev–Trinajstić information content (AvgIpc) is 3.25. The fraction of sp³-hybridized carbons (Fsp3) is 0.321. The number of hydrogen-bond acceptors (Lipinski definition) is 5. The molecule has 1 aliphatic carbocycles. The number of rotatable bonds is 7. The number of carbonyl (C=O) groups is 1. The Bertz CT molecular complexity index is 1510. The molecular formula is C28H28Cl2N2O5S. The summed E-state index contributed by atoms with van der Waals surface area (Å²) >= 11 is 12.3. The fourth-order valence-electron chi connectivity index (χ4n) is 4.97. The van der Waals surface area contributed by atoms with Gasteiger partial charge in [-0.1, -0.05) is 41.4 Å². The molecule has 1 N–H and O–H groups in total. The molecule has 2 atom stereocenters. The molecule has 0 radical (unpaired) electrons. The van der Waals surface area contributed by atoms with Crippen molar-refractivity contribution in [3.8, 4) is 5.75 Å². The number of ether oxygens (including phenoxy) is 2. The minimum atomic E-state index is -3.01. The Morgan fingerprint density at radius 1 is 1.13 bits per heavy atom. The molecule has 10 heteroatoms. The molecule has 2 heterocycles. The third-order valence-corrected chi connectivity index (χ3v) is 8.26. The maximum Gasteiger partial charge on any atom is 0.416 e. The van der Waals surface area contributed by atoms with E-state index >= 15 is 0 Å². The van der Waals surface area contributed by atoms with Crippen LogP contribution in [0, 0.1) is 0 Å². The first-order chi connectivity index (χ1) is 18.2. The number of benzene rings is 2. The van der Waals surface area contributed by atoms with Gasteiger partial charge in [-0.3, -0.25) is 4.90 Å². The summed E-state index contributed by atoms with van der Waals surface area (Å²) in [6.07, 6.45) is 8.36. The molecular weight excluding hydrogens is 547 g/mol. The van der Waals surface area contributed by atoms with Crippen molar-refractivity contribution in [2.24, 2.45) is 0 Å². The molecule has 7 nitrogen and oxygen atoms in total. The molecule has 5 rings (SSSR count). The summed E-state index contributed by atoms with van der Waals surface area (Å²) in [6, 6.07) is 12.1. The highest BCUT2D eigenvalue weighted by Gasteiger charge is 2.37. The van der Waals surface area contributed by atoms with E-state index in [1.165, 1.54) is 6.26 Å². The van der Waals surface area contributed by atoms with E-state index in [0.29, 0.717) is 48.2 Å². The zero-order chi connectivity index (χ0) is 26.9. The average molecular weight is 576 g/mol. The van der Waals surface area contributed by atoms with Crippen molar-refractivity contribution in [3.05, 3.63) is 87.6 Å². The van der Waals surface area contributed by atoms with Gasteiger partial charge in [-0.05, 0) is 72.9 Å². The normalized spacial score (nSPS) is 19.3. The highest BCUT2D eigenvalue weighted by molar-refractivity contribution is 7.90. The van der Waals surface area contributed by atoms with Gasteiger partial charge in [-0.25, -0.2) is 13.2 Å². The molecule has 0 bridgehead atoms. The Hall–Kier alpha value is -2.78. The molecule has 2 aliphatic rings. The lowest BCUT2D eigenvalue weighted by Gasteiger charge is -2.36. The topological polar surface area (TPSA) is 88.7 Å². The Kier molecular flexibility index (Phi) is 7.86. The minimum absolute atomic E-state index is 0.102.